The average Bonchev–Trinajstić information content (AvgIpc) is 2.30. The molecular weight excluding hydrogens is 234 g/mol. The Bertz CT molecular complexity index is 429. The molecule has 0 spiro atoms. The van der Waals surface area contributed by atoms with Gasteiger partial charge in [-0.05, 0) is 31.5 Å². The van der Waals surface area contributed by atoms with Gasteiger partial charge in [-0.1, -0.05) is 6.07 Å². The zero-order chi connectivity index (χ0) is 13.8. The zero-order valence-corrected chi connectivity index (χ0v) is 10.9. The van der Waals surface area contributed by atoms with Crippen LogP contribution >= 0.6 is 0 Å². The highest BCUT2D eigenvalue weighted by Crippen LogP contribution is 2.28. The molecule has 0 fully saturated rings. The molecule has 100 valence electrons. The fourth-order valence-corrected chi connectivity index (χ4v) is 1.37. The molecule has 1 unspecified atom stereocenters. The minimum absolute atomic E-state index is 0.221. The number of hydrogen-bond acceptors (Lipinski definition) is 4. The van der Waals surface area contributed by atoms with E-state index in [0.717, 1.165) is 5.56 Å². The summed E-state index contributed by atoms with van der Waals surface area (Å²) in [5, 5.41) is 8.87. The quantitative estimate of drug-likeness (QED) is 0.804. The third kappa shape index (κ3) is 3.63. The lowest BCUT2D eigenvalue weighted by Crippen LogP contribution is -2.45. The number of methoxy groups -OCH3 is 1. The molecule has 0 aliphatic heterocycles. The smallest absolute Gasteiger partial charge is 0.323 e. The molecule has 0 aromatic heterocycles. The molecule has 1 aromatic rings. The molecule has 5 nitrogen and oxygen atoms in total. The topological polar surface area (TPSA) is 81.8 Å². The molecule has 0 aliphatic carbocycles. The SMILES string of the molecule is COc1cc(C)ccc1OCCC(C)(N)C(=O)O. The molecule has 3 N–H and O–H groups in total. The van der Waals surface area contributed by atoms with Gasteiger partial charge in [0.05, 0.1) is 13.7 Å². The Morgan fingerprint density at radius 2 is 2.11 bits per heavy atom. The first-order valence-corrected chi connectivity index (χ1v) is 5.66. The number of carboxylic acid groups (broad SMARTS) is 1. The van der Waals surface area contributed by atoms with Gasteiger partial charge in [0.1, 0.15) is 5.54 Å². The standard InChI is InChI=1S/C13H19NO4/c1-9-4-5-10(11(8-9)17-3)18-7-6-13(2,14)12(15)16/h4-5,8H,6-7,14H2,1-3H3,(H,15,16). The number of carbonyl (C=O) groups is 1. The number of rotatable bonds is 6. The zero-order valence-electron chi connectivity index (χ0n) is 10.9. The predicted octanol–water partition coefficient (Wildman–Crippen LogP) is 1.57. The number of aliphatic carboxylic acids is 1. The third-order valence-corrected chi connectivity index (χ3v) is 2.69. The van der Waals surface area contributed by atoms with Crippen LogP contribution in [-0.4, -0.2) is 30.3 Å². The number of hydrogen-bond donors (Lipinski definition) is 2. The second-order valence-corrected chi connectivity index (χ2v) is 4.48. The monoisotopic (exact) mass is 253 g/mol. The van der Waals surface area contributed by atoms with Crippen molar-refractivity contribution in [2.24, 2.45) is 5.73 Å². The summed E-state index contributed by atoms with van der Waals surface area (Å²) in [6.07, 6.45) is 0.222. The van der Waals surface area contributed by atoms with Crippen molar-refractivity contribution >= 4 is 5.97 Å². The molecule has 0 radical (unpaired) electrons. The Morgan fingerprint density at radius 1 is 1.44 bits per heavy atom. The van der Waals surface area contributed by atoms with Crippen molar-refractivity contribution in [3.63, 3.8) is 0 Å². The van der Waals surface area contributed by atoms with Gasteiger partial charge < -0.3 is 20.3 Å². The molecule has 0 aliphatic rings. The molecule has 1 aromatic carbocycles. The van der Waals surface area contributed by atoms with Crippen molar-refractivity contribution in [2.75, 3.05) is 13.7 Å². The summed E-state index contributed by atoms with van der Waals surface area (Å²) >= 11 is 0. The highest BCUT2D eigenvalue weighted by atomic mass is 16.5. The second-order valence-electron chi connectivity index (χ2n) is 4.48. The van der Waals surface area contributed by atoms with E-state index in [2.05, 4.69) is 0 Å². The van der Waals surface area contributed by atoms with Crippen molar-refractivity contribution in [1.29, 1.82) is 0 Å². The van der Waals surface area contributed by atoms with Crippen molar-refractivity contribution < 1.29 is 19.4 Å². The molecule has 0 heterocycles. The molecule has 18 heavy (non-hydrogen) atoms. The maximum Gasteiger partial charge on any atom is 0.323 e. The molecule has 0 bridgehead atoms. The van der Waals surface area contributed by atoms with E-state index < -0.39 is 11.5 Å². The first-order valence-electron chi connectivity index (χ1n) is 5.66. The van der Waals surface area contributed by atoms with Gasteiger partial charge in [0.15, 0.2) is 11.5 Å². The lowest BCUT2D eigenvalue weighted by Gasteiger charge is -2.19. The molecule has 1 atom stereocenters. The maximum absolute atomic E-state index is 10.8. The van der Waals surface area contributed by atoms with E-state index in [1.807, 2.05) is 19.1 Å². The minimum atomic E-state index is -1.28. The molecular formula is C13H19NO4. The van der Waals surface area contributed by atoms with Crippen LogP contribution in [0.5, 0.6) is 11.5 Å². The molecule has 1 rings (SSSR count). The van der Waals surface area contributed by atoms with E-state index >= 15 is 0 Å². The third-order valence-electron chi connectivity index (χ3n) is 2.69. The van der Waals surface area contributed by atoms with E-state index in [1.165, 1.54) is 6.92 Å². The van der Waals surface area contributed by atoms with Gasteiger partial charge in [-0.15, -0.1) is 0 Å². The van der Waals surface area contributed by atoms with Crippen LogP contribution in [0.4, 0.5) is 0 Å². The minimum Gasteiger partial charge on any atom is -0.493 e. The largest absolute Gasteiger partial charge is 0.493 e. The van der Waals surface area contributed by atoms with Crippen LogP contribution in [0, 0.1) is 6.92 Å². The fraction of sp³-hybridized carbons (Fsp3) is 0.462. The number of benzene rings is 1. The number of ether oxygens (including phenoxy) is 2. The van der Waals surface area contributed by atoms with Crippen LogP contribution in [0.25, 0.3) is 0 Å². The fourth-order valence-electron chi connectivity index (χ4n) is 1.37. The Balaban J connectivity index is 2.62. The van der Waals surface area contributed by atoms with Crippen molar-refractivity contribution in [1.82, 2.24) is 0 Å². The van der Waals surface area contributed by atoms with Gasteiger partial charge in [-0.25, -0.2) is 0 Å². The summed E-state index contributed by atoms with van der Waals surface area (Å²) in [4.78, 5) is 10.8. The lowest BCUT2D eigenvalue weighted by atomic mass is 10.0. The first kappa shape index (κ1) is 14.3. The van der Waals surface area contributed by atoms with Gasteiger partial charge in [-0.3, -0.25) is 4.79 Å². The summed E-state index contributed by atoms with van der Waals surface area (Å²) in [5.74, 6) is 0.176. The first-order chi connectivity index (χ1) is 8.36. The van der Waals surface area contributed by atoms with Gasteiger partial charge in [-0.2, -0.15) is 0 Å². The van der Waals surface area contributed by atoms with E-state index in [9.17, 15) is 4.79 Å². The van der Waals surface area contributed by atoms with E-state index in [1.54, 1.807) is 13.2 Å². The van der Waals surface area contributed by atoms with Crippen molar-refractivity contribution in [3.05, 3.63) is 23.8 Å². The van der Waals surface area contributed by atoms with Gasteiger partial charge >= 0.3 is 5.97 Å². The summed E-state index contributed by atoms with van der Waals surface area (Å²) in [6, 6.07) is 5.55. The molecule has 0 saturated heterocycles. The summed E-state index contributed by atoms with van der Waals surface area (Å²) in [6.45, 7) is 3.64. The predicted molar refractivity (Wildman–Crippen MR) is 68.1 cm³/mol. The van der Waals surface area contributed by atoms with Gasteiger partial charge in [0.2, 0.25) is 0 Å². The summed E-state index contributed by atoms with van der Waals surface area (Å²) < 4.78 is 10.7. The van der Waals surface area contributed by atoms with Gasteiger partial charge in [0.25, 0.3) is 0 Å². The highest BCUT2D eigenvalue weighted by molar-refractivity contribution is 5.77. The van der Waals surface area contributed by atoms with Crippen LogP contribution in [0.3, 0.4) is 0 Å². The summed E-state index contributed by atoms with van der Waals surface area (Å²) in [5.41, 5.74) is 5.39. The lowest BCUT2D eigenvalue weighted by molar-refractivity contribution is -0.143. The normalized spacial score (nSPS) is 13.8. The van der Waals surface area contributed by atoms with Gasteiger partial charge in [0, 0.05) is 6.42 Å². The summed E-state index contributed by atoms with van der Waals surface area (Å²) in [7, 11) is 1.56. The van der Waals surface area contributed by atoms with E-state index in [4.69, 9.17) is 20.3 Å². The second kappa shape index (κ2) is 5.73. The van der Waals surface area contributed by atoms with Crippen LogP contribution in [0.2, 0.25) is 0 Å². The van der Waals surface area contributed by atoms with Crippen molar-refractivity contribution in [3.8, 4) is 11.5 Å². The van der Waals surface area contributed by atoms with Crippen LogP contribution in [0.1, 0.15) is 18.9 Å². The van der Waals surface area contributed by atoms with E-state index in [0.29, 0.717) is 11.5 Å². The number of nitrogens with two attached hydrogens (primary N) is 1. The molecule has 5 heteroatoms. The Kier molecular flexibility index (Phi) is 4.55. The average molecular weight is 253 g/mol. The van der Waals surface area contributed by atoms with E-state index in [-0.39, 0.29) is 13.0 Å². The number of carboxylic acids is 1. The number of aryl methyl sites for hydroxylation is 1. The Labute approximate surface area is 107 Å². The van der Waals surface area contributed by atoms with Crippen LogP contribution in [-0.2, 0) is 4.79 Å². The van der Waals surface area contributed by atoms with Crippen LogP contribution in [0.15, 0.2) is 18.2 Å². The maximum atomic E-state index is 10.8. The molecule has 0 saturated carbocycles. The van der Waals surface area contributed by atoms with Crippen LogP contribution < -0.4 is 15.2 Å². The molecule has 0 amide bonds. The highest BCUT2D eigenvalue weighted by Gasteiger charge is 2.27. The Hall–Kier alpha value is -1.75. The Morgan fingerprint density at radius 3 is 2.67 bits per heavy atom. The van der Waals surface area contributed by atoms with Crippen molar-refractivity contribution in [2.45, 2.75) is 25.8 Å².